The van der Waals surface area contributed by atoms with Gasteiger partial charge in [-0.25, -0.2) is 4.39 Å². The molecule has 7 nitrogen and oxygen atoms in total. The van der Waals surface area contributed by atoms with Crippen LogP contribution in [0.3, 0.4) is 0 Å². The number of halogens is 2. The summed E-state index contributed by atoms with van der Waals surface area (Å²) in [6.45, 7) is 3.95. The van der Waals surface area contributed by atoms with Crippen molar-refractivity contribution in [1.82, 2.24) is 10.9 Å². The summed E-state index contributed by atoms with van der Waals surface area (Å²) in [4.78, 5) is 36.9. The van der Waals surface area contributed by atoms with E-state index in [0.29, 0.717) is 35.1 Å². The monoisotopic (exact) mass is 497 g/mol. The summed E-state index contributed by atoms with van der Waals surface area (Å²) >= 11 is 5.92. The first-order chi connectivity index (χ1) is 16.7. The molecule has 0 radical (unpaired) electrons. The van der Waals surface area contributed by atoms with E-state index in [-0.39, 0.29) is 23.5 Å². The predicted octanol–water partition coefficient (Wildman–Crippen LogP) is 4.97. The highest BCUT2D eigenvalue weighted by atomic mass is 35.5. The van der Waals surface area contributed by atoms with Crippen LogP contribution in [0.25, 0.3) is 0 Å². The number of benzene rings is 3. The van der Waals surface area contributed by atoms with E-state index in [1.54, 1.807) is 43.3 Å². The van der Waals surface area contributed by atoms with Crippen LogP contribution in [0.2, 0.25) is 5.02 Å². The van der Waals surface area contributed by atoms with Crippen molar-refractivity contribution < 1.29 is 23.5 Å². The minimum absolute atomic E-state index is 0.107. The Kier molecular flexibility index (Phi) is 8.80. The first kappa shape index (κ1) is 25.7. The molecule has 0 aromatic heterocycles. The molecule has 3 aromatic rings. The van der Waals surface area contributed by atoms with Gasteiger partial charge in [-0.15, -0.1) is 0 Å². The van der Waals surface area contributed by atoms with E-state index in [1.807, 2.05) is 6.92 Å². The lowest BCUT2D eigenvalue weighted by atomic mass is 10.1. The van der Waals surface area contributed by atoms with Crippen LogP contribution >= 0.6 is 11.6 Å². The summed E-state index contributed by atoms with van der Waals surface area (Å²) in [6, 6.07) is 15.6. The first-order valence-electron chi connectivity index (χ1n) is 10.9. The standard InChI is InChI=1S/C26H25ClFN3O4/c1-16-9-10-18(15-22(16)29-26(34)20-6-3-4-7-21(20)28)25(33)31-30-24(32)8-5-13-35-23-12-11-19(27)14-17(23)2/h3-4,6-7,9-12,14-15H,5,8,13H2,1-2H3,(H,29,34)(H,30,32)(H,31,33). The molecule has 35 heavy (non-hydrogen) atoms. The van der Waals surface area contributed by atoms with E-state index in [9.17, 15) is 18.8 Å². The zero-order valence-corrected chi connectivity index (χ0v) is 20.0. The summed E-state index contributed by atoms with van der Waals surface area (Å²) < 4.78 is 19.5. The van der Waals surface area contributed by atoms with Crippen LogP contribution in [0, 0.1) is 19.7 Å². The Bertz CT molecular complexity index is 1250. The van der Waals surface area contributed by atoms with E-state index in [0.717, 1.165) is 5.56 Å². The van der Waals surface area contributed by atoms with Crippen LogP contribution in [0.4, 0.5) is 10.1 Å². The lowest BCUT2D eigenvalue weighted by molar-refractivity contribution is -0.122. The lowest BCUT2D eigenvalue weighted by Crippen LogP contribution is -2.41. The second-order valence-corrected chi connectivity index (χ2v) is 8.26. The number of aryl methyl sites for hydroxylation is 2. The summed E-state index contributed by atoms with van der Waals surface area (Å²) in [5, 5.41) is 3.24. The van der Waals surface area contributed by atoms with Crippen molar-refractivity contribution in [3.63, 3.8) is 0 Å². The zero-order chi connectivity index (χ0) is 25.4. The fourth-order valence-electron chi connectivity index (χ4n) is 3.18. The largest absolute Gasteiger partial charge is 0.493 e. The Hall–Kier alpha value is -3.91. The van der Waals surface area contributed by atoms with E-state index in [2.05, 4.69) is 16.2 Å². The third-order valence-corrected chi connectivity index (χ3v) is 5.36. The molecule has 182 valence electrons. The number of carbonyl (C=O) groups excluding carboxylic acids is 3. The number of hydrazine groups is 1. The lowest BCUT2D eigenvalue weighted by Gasteiger charge is -2.12. The molecule has 0 atom stereocenters. The van der Waals surface area contributed by atoms with Crippen molar-refractivity contribution in [2.24, 2.45) is 0 Å². The van der Waals surface area contributed by atoms with Gasteiger partial charge in [0, 0.05) is 22.7 Å². The van der Waals surface area contributed by atoms with Crippen molar-refractivity contribution in [1.29, 1.82) is 0 Å². The normalized spacial score (nSPS) is 10.4. The Balaban J connectivity index is 1.48. The van der Waals surface area contributed by atoms with Gasteiger partial charge in [-0.1, -0.05) is 29.8 Å². The molecule has 0 saturated carbocycles. The zero-order valence-electron chi connectivity index (χ0n) is 19.3. The van der Waals surface area contributed by atoms with Gasteiger partial charge in [-0.3, -0.25) is 25.2 Å². The van der Waals surface area contributed by atoms with Gasteiger partial charge >= 0.3 is 0 Å². The molecule has 0 aliphatic rings. The number of hydrogen-bond donors (Lipinski definition) is 3. The second kappa shape index (κ2) is 12.0. The van der Waals surface area contributed by atoms with Crippen LogP contribution in [0.1, 0.15) is 44.7 Å². The van der Waals surface area contributed by atoms with Crippen molar-refractivity contribution >= 4 is 35.0 Å². The smallest absolute Gasteiger partial charge is 0.269 e. The van der Waals surface area contributed by atoms with Crippen molar-refractivity contribution in [3.8, 4) is 5.75 Å². The van der Waals surface area contributed by atoms with Crippen LogP contribution in [0.5, 0.6) is 5.75 Å². The van der Waals surface area contributed by atoms with E-state index in [4.69, 9.17) is 16.3 Å². The number of rotatable bonds is 8. The third-order valence-electron chi connectivity index (χ3n) is 5.12. The third kappa shape index (κ3) is 7.28. The molecule has 0 spiro atoms. The van der Waals surface area contributed by atoms with E-state index >= 15 is 0 Å². The first-order valence-corrected chi connectivity index (χ1v) is 11.3. The molecule has 0 heterocycles. The average molecular weight is 498 g/mol. The number of anilines is 1. The molecule has 0 fully saturated rings. The molecule has 3 amide bonds. The molecule has 0 bridgehead atoms. The van der Waals surface area contributed by atoms with Gasteiger partial charge in [0.2, 0.25) is 5.91 Å². The number of hydrogen-bond acceptors (Lipinski definition) is 4. The Morgan fingerprint density at radius 1 is 0.914 bits per heavy atom. The maximum Gasteiger partial charge on any atom is 0.269 e. The highest BCUT2D eigenvalue weighted by Gasteiger charge is 2.14. The molecule has 0 aliphatic carbocycles. The maximum atomic E-state index is 13.9. The molecule has 0 saturated heterocycles. The number of carbonyl (C=O) groups is 3. The van der Waals surface area contributed by atoms with Crippen molar-refractivity contribution in [3.05, 3.63) is 93.8 Å². The quantitative estimate of drug-likeness (QED) is 0.302. The average Bonchev–Trinajstić information content (AvgIpc) is 2.83. The van der Waals surface area contributed by atoms with Gasteiger partial charge in [0.15, 0.2) is 0 Å². The van der Waals surface area contributed by atoms with E-state index in [1.165, 1.54) is 24.3 Å². The van der Waals surface area contributed by atoms with Crippen molar-refractivity contribution in [2.45, 2.75) is 26.7 Å². The molecule has 0 aliphatic heterocycles. The molecular formula is C26H25ClFN3O4. The van der Waals surface area contributed by atoms with Crippen molar-refractivity contribution in [2.75, 3.05) is 11.9 Å². The van der Waals surface area contributed by atoms with Crippen LogP contribution in [-0.4, -0.2) is 24.3 Å². The van der Waals surface area contributed by atoms with Crippen LogP contribution < -0.4 is 20.9 Å². The molecule has 0 unspecified atom stereocenters. The van der Waals surface area contributed by atoms with Gasteiger partial charge in [0.05, 0.1) is 12.2 Å². The highest BCUT2D eigenvalue weighted by Crippen LogP contribution is 2.22. The number of amides is 3. The molecule has 3 rings (SSSR count). The van der Waals surface area contributed by atoms with Gasteiger partial charge in [-0.2, -0.15) is 0 Å². The summed E-state index contributed by atoms with van der Waals surface area (Å²) in [5.74, 6) is -1.52. The van der Waals surface area contributed by atoms with Gasteiger partial charge < -0.3 is 10.1 Å². The molecular weight excluding hydrogens is 473 g/mol. The van der Waals surface area contributed by atoms with Crippen LogP contribution in [-0.2, 0) is 4.79 Å². The van der Waals surface area contributed by atoms with Gasteiger partial charge in [0.1, 0.15) is 11.6 Å². The van der Waals surface area contributed by atoms with Gasteiger partial charge in [0.25, 0.3) is 11.8 Å². The molecule has 3 aromatic carbocycles. The van der Waals surface area contributed by atoms with E-state index < -0.39 is 17.6 Å². The Labute approximate surface area is 207 Å². The Morgan fingerprint density at radius 2 is 1.69 bits per heavy atom. The minimum atomic E-state index is -0.645. The minimum Gasteiger partial charge on any atom is -0.493 e. The summed E-state index contributed by atoms with van der Waals surface area (Å²) in [6.07, 6.45) is 0.589. The predicted molar refractivity (Wildman–Crippen MR) is 132 cm³/mol. The molecule has 9 heteroatoms. The Morgan fingerprint density at radius 3 is 2.43 bits per heavy atom. The highest BCUT2D eigenvalue weighted by molar-refractivity contribution is 6.30. The van der Waals surface area contributed by atoms with Gasteiger partial charge in [-0.05, 0) is 73.9 Å². The molecule has 3 N–H and O–H groups in total. The topological polar surface area (TPSA) is 96.5 Å². The fourth-order valence-corrected chi connectivity index (χ4v) is 3.41. The summed E-state index contributed by atoms with van der Waals surface area (Å²) in [7, 11) is 0. The SMILES string of the molecule is Cc1ccc(C(=O)NNC(=O)CCCOc2ccc(Cl)cc2C)cc1NC(=O)c1ccccc1F. The second-order valence-electron chi connectivity index (χ2n) is 7.83. The number of ether oxygens (including phenoxy) is 1. The fraction of sp³-hybridized carbons (Fsp3) is 0.192. The maximum absolute atomic E-state index is 13.9. The summed E-state index contributed by atoms with van der Waals surface area (Å²) in [5.41, 5.74) is 6.75. The number of nitrogens with one attached hydrogen (secondary N) is 3. The van der Waals surface area contributed by atoms with Crippen LogP contribution in [0.15, 0.2) is 60.7 Å².